The number of hydrogen-bond donors (Lipinski definition) is 2. The maximum absolute atomic E-state index is 12.3. The molecule has 0 fully saturated rings. The van der Waals surface area contributed by atoms with Crippen molar-refractivity contribution >= 4 is 34.8 Å². The van der Waals surface area contributed by atoms with E-state index >= 15 is 0 Å². The predicted octanol–water partition coefficient (Wildman–Crippen LogP) is 5.01. The number of ether oxygens (including phenoxy) is 2. The van der Waals surface area contributed by atoms with Gasteiger partial charge in [-0.3, -0.25) is 0 Å². The molecule has 0 aliphatic heterocycles. The molecule has 0 radical (unpaired) electrons. The van der Waals surface area contributed by atoms with Gasteiger partial charge in [0.2, 0.25) is 0 Å². The zero-order valence-corrected chi connectivity index (χ0v) is 18.4. The number of aliphatic hydroxyl groups is 2. The van der Waals surface area contributed by atoms with Crippen molar-refractivity contribution in [2.45, 2.75) is 31.5 Å². The number of rotatable bonds is 10. The Kier molecular flexibility index (Phi) is 8.86. The first-order valence-electron chi connectivity index (χ1n) is 9.02. The fraction of sp³-hybridized carbons (Fsp3) is 0.429. The second-order valence-corrected chi connectivity index (χ2v) is 8.28. The molecule has 0 spiro atoms. The largest absolute Gasteiger partial charge is 0.491 e. The monoisotopic (exact) mass is 464 g/mol. The number of alkyl halides is 2. The van der Waals surface area contributed by atoms with Gasteiger partial charge in [-0.15, -0.1) is 11.6 Å². The highest BCUT2D eigenvalue weighted by Crippen LogP contribution is 2.40. The molecule has 2 rings (SSSR count). The molecular formula is C21H24Cl3FO4. The van der Waals surface area contributed by atoms with E-state index in [1.165, 1.54) is 0 Å². The molecule has 0 heterocycles. The summed E-state index contributed by atoms with van der Waals surface area (Å²) in [5.41, 5.74) is 1.42. The van der Waals surface area contributed by atoms with Gasteiger partial charge in [-0.25, -0.2) is 4.39 Å². The quantitative estimate of drug-likeness (QED) is 0.484. The Labute approximate surface area is 185 Å². The molecule has 0 aromatic heterocycles. The Morgan fingerprint density at radius 3 is 2.00 bits per heavy atom. The molecule has 0 aliphatic rings. The Morgan fingerprint density at radius 1 is 0.931 bits per heavy atom. The molecule has 160 valence electrons. The first-order chi connectivity index (χ1) is 13.7. The van der Waals surface area contributed by atoms with Crippen LogP contribution in [0.15, 0.2) is 36.4 Å². The number of halogens is 4. The average Bonchev–Trinajstić information content (AvgIpc) is 2.71. The van der Waals surface area contributed by atoms with Crippen LogP contribution in [0.25, 0.3) is 0 Å². The van der Waals surface area contributed by atoms with Crippen molar-refractivity contribution in [3.05, 3.63) is 57.6 Å². The van der Waals surface area contributed by atoms with Crippen LogP contribution in [0.5, 0.6) is 11.5 Å². The van der Waals surface area contributed by atoms with Crippen LogP contribution in [0.1, 0.15) is 25.0 Å². The molecule has 2 N–H and O–H groups in total. The van der Waals surface area contributed by atoms with Crippen LogP contribution >= 0.6 is 34.8 Å². The van der Waals surface area contributed by atoms with E-state index in [0.29, 0.717) is 21.5 Å². The molecule has 0 amide bonds. The highest BCUT2D eigenvalue weighted by atomic mass is 35.5. The number of aliphatic hydroxyl groups excluding tert-OH is 2. The SMILES string of the molecule is CC(C)(c1ccc(OCC(O)CF)cc1)c1cc(Cl)c(OCC(O)CCl)c(Cl)c1. The molecule has 29 heavy (non-hydrogen) atoms. The minimum absolute atomic E-state index is 0.00968. The summed E-state index contributed by atoms with van der Waals surface area (Å²) >= 11 is 18.3. The van der Waals surface area contributed by atoms with Crippen molar-refractivity contribution in [1.29, 1.82) is 0 Å². The van der Waals surface area contributed by atoms with E-state index in [4.69, 9.17) is 44.3 Å². The van der Waals surface area contributed by atoms with E-state index in [0.717, 1.165) is 11.1 Å². The van der Waals surface area contributed by atoms with Gasteiger partial charge < -0.3 is 19.7 Å². The minimum Gasteiger partial charge on any atom is -0.491 e. The fourth-order valence-corrected chi connectivity index (χ4v) is 3.34. The van der Waals surface area contributed by atoms with Crippen LogP contribution in [0.3, 0.4) is 0 Å². The van der Waals surface area contributed by atoms with E-state index < -0.39 is 24.3 Å². The van der Waals surface area contributed by atoms with Gasteiger partial charge in [0, 0.05) is 5.41 Å². The summed E-state index contributed by atoms with van der Waals surface area (Å²) < 4.78 is 23.2. The van der Waals surface area contributed by atoms with E-state index in [2.05, 4.69) is 0 Å². The molecule has 0 bridgehead atoms. The molecule has 8 heteroatoms. The van der Waals surface area contributed by atoms with Gasteiger partial charge in [0.25, 0.3) is 0 Å². The zero-order chi connectivity index (χ0) is 21.6. The van der Waals surface area contributed by atoms with Gasteiger partial charge >= 0.3 is 0 Å². The third kappa shape index (κ3) is 6.37. The lowest BCUT2D eigenvalue weighted by atomic mass is 9.78. The van der Waals surface area contributed by atoms with Gasteiger partial charge in [-0.05, 0) is 35.4 Å². The second kappa shape index (κ2) is 10.7. The second-order valence-electron chi connectivity index (χ2n) is 7.16. The molecule has 0 saturated carbocycles. The van der Waals surface area contributed by atoms with Crippen molar-refractivity contribution < 1.29 is 24.1 Å². The standard InChI is InChI=1S/C21H24Cl3FO4/c1-21(2,13-3-5-17(6-4-13)28-12-16(27)10-25)14-7-18(23)20(19(24)8-14)29-11-15(26)9-22/h3-8,15-16,26-27H,9-12H2,1-2H3. The molecule has 4 nitrogen and oxygen atoms in total. The first-order valence-corrected chi connectivity index (χ1v) is 10.3. The number of benzene rings is 2. The van der Waals surface area contributed by atoms with Crippen molar-refractivity contribution in [2.75, 3.05) is 25.8 Å². The number of hydrogen-bond acceptors (Lipinski definition) is 4. The summed E-state index contributed by atoms with van der Waals surface area (Å²) in [4.78, 5) is 0. The Balaban J connectivity index is 2.19. The summed E-state index contributed by atoms with van der Waals surface area (Å²) in [5, 5.41) is 19.5. The molecule has 0 saturated heterocycles. The van der Waals surface area contributed by atoms with Crippen molar-refractivity contribution in [1.82, 2.24) is 0 Å². The van der Waals surface area contributed by atoms with Gasteiger partial charge in [-0.1, -0.05) is 49.2 Å². The lowest BCUT2D eigenvalue weighted by Crippen LogP contribution is -2.21. The van der Waals surface area contributed by atoms with Gasteiger partial charge in [0.1, 0.15) is 37.8 Å². The third-order valence-electron chi connectivity index (χ3n) is 4.51. The van der Waals surface area contributed by atoms with E-state index in [9.17, 15) is 14.6 Å². The summed E-state index contributed by atoms with van der Waals surface area (Å²) in [7, 11) is 0. The van der Waals surface area contributed by atoms with Crippen molar-refractivity contribution in [2.24, 2.45) is 0 Å². The van der Waals surface area contributed by atoms with Gasteiger partial charge in [-0.2, -0.15) is 0 Å². The first kappa shape index (κ1) is 24.0. The molecule has 0 aliphatic carbocycles. The van der Waals surface area contributed by atoms with Crippen LogP contribution in [0.4, 0.5) is 4.39 Å². The maximum Gasteiger partial charge on any atom is 0.156 e. The molecule has 2 aromatic rings. The molecule has 2 unspecified atom stereocenters. The molecular weight excluding hydrogens is 442 g/mol. The highest BCUT2D eigenvalue weighted by Gasteiger charge is 2.26. The van der Waals surface area contributed by atoms with Crippen LogP contribution < -0.4 is 9.47 Å². The van der Waals surface area contributed by atoms with Crippen molar-refractivity contribution in [3.8, 4) is 11.5 Å². The van der Waals surface area contributed by atoms with E-state index in [1.807, 2.05) is 26.0 Å². The third-order valence-corrected chi connectivity index (χ3v) is 5.43. The van der Waals surface area contributed by atoms with Gasteiger partial charge in [0.15, 0.2) is 5.75 Å². The lowest BCUT2D eigenvalue weighted by Gasteiger charge is -2.27. The van der Waals surface area contributed by atoms with Crippen LogP contribution in [-0.2, 0) is 5.41 Å². The van der Waals surface area contributed by atoms with Crippen LogP contribution in [0, 0.1) is 0 Å². The Hall–Kier alpha value is -1.24. The summed E-state index contributed by atoms with van der Waals surface area (Å²) in [6.45, 7) is 3.08. The smallest absolute Gasteiger partial charge is 0.156 e. The average molecular weight is 466 g/mol. The normalized spacial score (nSPS) is 13.8. The minimum atomic E-state index is -1.14. The van der Waals surface area contributed by atoms with Crippen LogP contribution in [-0.4, -0.2) is 48.2 Å². The Bertz CT molecular complexity index is 776. The fourth-order valence-electron chi connectivity index (χ4n) is 2.65. The molecule has 2 aromatic carbocycles. The zero-order valence-electron chi connectivity index (χ0n) is 16.2. The van der Waals surface area contributed by atoms with Gasteiger partial charge in [0.05, 0.1) is 15.9 Å². The van der Waals surface area contributed by atoms with Crippen LogP contribution in [0.2, 0.25) is 10.0 Å². The van der Waals surface area contributed by atoms with E-state index in [1.54, 1.807) is 24.3 Å². The summed E-state index contributed by atoms with van der Waals surface area (Å²) in [6.07, 6.45) is -1.95. The highest BCUT2D eigenvalue weighted by molar-refractivity contribution is 6.37. The predicted molar refractivity (Wildman–Crippen MR) is 115 cm³/mol. The van der Waals surface area contributed by atoms with Crippen molar-refractivity contribution in [3.63, 3.8) is 0 Å². The van der Waals surface area contributed by atoms with E-state index in [-0.39, 0.29) is 19.1 Å². The Morgan fingerprint density at radius 2 is 1.48 bits per heavy atom. The molecule has 2 atom stereocenters. The topological polar surface area (TPSA) is 58.9 Å². The lowest BCUT2D eigenvalue weighted by molar-refractivity contribution is 0.0842. The summed E-state index contributed by atoms with van der Waals surface area (Å²) in [6, 6.07) is 10.8. The maximum atomic E-state index is 12.3. The summed E-state index contributed by atoms with van der Waals surface area (Å²) in [5.74, 6) is 0.884.